The van der Waals surface area contributed by atoms with E-state index >= 15 is 0 Å². The first-order valence-corrected chi connectivity index (χ1v) is 9.45. The van der Waals surface area contributed by atoms with E-state index in [4.69, 9.17) is 0 Å². The van der Waals surface area contributed by atoms with Gasteiger partial charge in [0.15, 0.2) is 0 Å². The standard InChI is InChI=1S/C22H26N2O3/c1-17-7-9-18(10-8-17)11-12-21(26)23-13-4-14-24(16-15-23)22(27)19-5-2-3-6-20(19)25/h2-3,5-10,25H,4,11-16H2,1H3. The number of para-hydroxylation sites is 1. The lowest BCUT2D eigenvalue weighted by atomic mass is 10.1. The van der Waals surface area contributed by atoms with Crippen molar-refractivity contribution < 1.29 is 14.7 Å². The summed E-state index contributed by atoms with van der Waals surface area (Å²) in [6.45, 7) is 4.33. The maximum atomic E-state index is 12.7. The van der Waals surface area contributed by atoms with Gasteiger partial charge < -0.3 is 14.9 Å². The molecule has 5 heteroatoms. The van der Waals surface area contributed by atoms with Gasteiger partial charge in [0.25, 0.3) is 5.91 Å². The van der Waals surface area contributed by atoms with Crippen LogP contribution in [0.2, 0.25) is 0 Å². The molecule has 3 rings (SSSR count). The van der Waals surface area contributed by atoms with Gasteiger partial charge in [-0.15, -0.1) is 0 Å². The van der Waals surface area contributed by atoms with Crippen molar-refractivity contribution in [3.8, 4) is 5.75 Å². The second kappa shape index (κ2) is 8.71. The number of rotatable bonds is 4. The van der Waals surface area contributed by atoms with Crippen LogP contribution >= 0.6 is 0 Å². The molecule has 0 spiro atoms. The number of hydrogen-bond donors (Lipinski definition) is 1. The zero-order valence-electron chi connectivity index (χ0n) is 15.7. The fourth-order valence-corrected chi connectivity index (χ4v) is 3.36. The number of phenols is 1. The van der Waals surface area contributed by atoms with Gasteiger partial charge in [-0.05, 0) is 37.5 Å². The van der Waals surface area contributed by atoms with Crippen LogP contribution in [0.1, 0.15) is 34.3 Å². The van der Waals surface area contributed by atoms with E-state index < -0.39 is 0 Å². The predicted octanol–water partition coefficient (Wildman–Crippen LogP) is 3.01. The zero-order chi connectivity index (χ0) is 19.2. The summed E-state index contributed by atoms with van der Waals surface area (Å²) in [5, 5.41) is 9.91. The zero-order valence-corrected chi connectivity index (χ0v) is 15.7. The fraction of sp³-hybridized carbons (Fsp3) is 0.364. The van der Waals surface area contributed by atoms with Gasteiger partial charge in [0, 0.05) is 32.6 Å². The molecule has 0 bridgehead atoms. The molecule has 1 saturated heterocycles. The van der Waals surface area contributed by atoms with E-state index in [0.29, 0.717) is 38.2 Å². The maximum absolute atomic E-state index is 12.7. The van der Waals surface area contributed by atoms with Crippen LogP contribution in [0.4, 0.5) is 0 Å². The highest BCUT2D eigenvalue weighted by atomic mass is 16.3. The minimum Gasteiger partial charge on any atom is -0.507 e. The summed E-state index contributed by atoms with van der Waals surface area (Å²) in [6.07, 6.45) is 1.96. The number of amides is 2. The summed E-state index contributed by atoms with van der Waals surface area (Å²) in [5.74, 6) is -0.0488. The Morgan fingerprint density at radius 3 is 2.33 bits per heavy atom. The van der Waals surface area contributed by atoms with E-state index in [2.05, 4.69) is 24.3 Å². The Hall–Kier alpha value is -2.82. The molecule has 0 saturated carbocycles. The van der Waals surface area contributed by atoms with Crippen LogP contribution in [0, 0.1) is 6.92 Å². The molecule has 0 unspecified atom stereocenters. The molecule has 1 N–H and O–H groups in total. The summed E-state index contributed by atoms with van der Waals surface area (Å²) in [7, 11) is 0. The molecule has 2 aromatic rings. The molecule has 27 heavy (non-hydrogen) atoms. The van der Waals surface area contributed by atoms with E-state index in [-0.39, 0.29) is 17.6 Å². The minimum atomic E-state index is -0.179. The average Bonchev–Trinajstić information content (AvgIpc) is 2.93. The molecule has 2 amide bonds. The molecule has 0 radical (unpaired) electrons. The third-order valence-corrected chi connectivity index (χ3v) is 5.02. The van der Waals surface area contributed by atoms with Crippen molar-refractivity contribution in [3.05, 3.63) is 65.2 Å². The number of carbonyl (C=O) groups is 2. The van der Waals surface area contributed by atoms with Gasteiger partial charge in [-0.2, -0.15) is 0 Å². The van der Waals surface area contributed by atoms with Gasteiger partial charge in [0.1, 0.15) is 5.75 Å². The maximum Gasteiger partial charge on any atom is 0.257 e. The SMILES string of the molecule is Cc1ccc(CCC(=O)N2CCCN(C(=O)c3ccccc3O)CC2)cc1. The normalized spacial score (nSPS) is 14.7. The number of aromatic hydroxyl groups is 1. The molecule has 1 aliphatic rings. The van der Waals surface area contributed by atoms with Crippen molar-refractivity contribution in [2.45, 2.75) is 26.2 Å². The summed E-state index contributed by atoms with van der Waals surface area (Å²) in [4.78, 5) is 28.8. The van der Waals surface area contributed by atoms with E-state index in [1.54, 1.807) is 23.1 Å². The number of hydrogen-bond acceptors (Lipinski definition) is 3. The van der Waals surface area contributed by atoms with Gasteiger partial charge in [-0.1, -0.05) is 42.0 Å². The number of nitrogens with zero attached hydrogens (tertiary/aromatic N) is 2. The Bertz CT molecular complexity index is 801. The molecule has 0 atom stereocenters. The van der Waals surface area contributed by atoms with E-state index in [1.165, 1.54) is 17.2 Å². The van der Waals surface area contributed by atoms with Crippen molar-refractivity contribution in [1.82, 2.24) is 9.80 Å². The summed E-state index contributed by atoms with van der Waals surface area (Å²) < 4.78 is 0. The number of aryl methyl sites for hydroxylation is 2. The molecule has 1 fully saturated rings. The number of carbonyl (C=O) groups excluding carboxylic acids is 2. The lowest BCUT2D eigenvalue weighted by Crippen LogP contribution is -2.37. The molecule has 0 aliphatic carbocycles. The molecular formula is C22H26N2O3. The highest BCUT2D eigenvalue weighted by Gasteiger charge is 2.23. The largest absolute Gasteiger partial charge is 0.507 e. The topological polar surface area (TPSA) is 60.9 Å². The third-order valence-electron chi connectivity index (χ3n) is 5.02. The fourth-order valence-electron chi connectivity index (χ4n) is 3.36. The second-order valence-corrected chi connectivity index (χ2v) is 7.03. The van der Waals surface area contributed by atoms with Crippen LogP contribution in [-0.4, -0.2) is 52.9 Å². The van der Waals surface area contributed by atoms with Crippen molar-refractivity contribution in [2.24, 2.45) is 0 Å². The molecule has 142 valence electrons. The molecule has 0 aromatic heterocycles. The first-order valence-electron chi connectivity index (χ1n) is 9.45. The van der Waals surface area contributed by atoms with Gasteiger partial charge in [0.2, 0.25) is 5.91 Å². The molecule has 5 nitrogen and oxygen atoms in total. The van der Waals surface area contributed by atoms with Crippen LogP contribution in [-0.2, 0) is 11.2 Å². The first kappa shape index (κ1) is 19.0. The molecule has 1 aliphatic heterocycles. The Morgan fingerprint density at radius 1 is 0.926 bits per heavy atom. The van der Waals surface area contributed by atoms with Crippen LogP contribution in [0.15, 0.2) is 48.5 Å². The van der Waals surface area contributed by atoms with Gasteiger partial charge in [-0.3, -0.25) is 9.59 Å². The monoisotopic (exact) mass is 366 g/mol. The predicted molar refractivity (Wildman–Crippen MR) is 105 cm³/mol. The Morgan fingerprint density at radius 2 is 1.59 bits per heavy atom. The molecular weight excluding hydrogens is 340 g/mol. The van der Waals surface area contributed by atoms with Crippen LogP contribution in [0.5, 0.6) is 5.75 Å². The van der Waals surface area contributed by atoms with Crippen molar-refractivity contribution in [3.63, 3.8) is 0 Å². The van der Waals surface area contributed by atoms with Crippen LogP contribution in [0.3, 0.4) is 0 Å². The summed E-state index contributed by atoms with van der Waals surface area (Å²) >= 11 is 0. The lowest BCUT2D eigenvalue weighted by Gasteiger charge is -2.22. The van der Waals surface area contributed by atoms with E-state index in [0.717, 1.165) is 12.8 Å². The van der Waals surface area contributed by atoms with Crippen LogP contribution in [0.25, 0.3) is 0 Å². The quantitative estimate of drug-likeness (QED) is 0.905. The van der Waals surface area contributed by atoms with Gasteiger partial charge in [0.05, 0.1) is 5.56 Å². The number of phenolic OH excluding ortho intramolecular Hbond substituents is 1. The summed E-state index contributed by atoms with van der Waals surface area (Å²) in [6, 6.07) is 14.9. The van der Waals surface area contributed by atoms with Crippen molar-refractivity contribution in [1.29, 1.82) is 0 Å². The lowest BCUT2D eigenvalue weighted by molar-refractivity contribution is -0.131. The highest BCUT2D eigenvalue weighted by molar-refractivity contribution is 5.96. The Balaban J connectivity index is 1.54. The second-order valence-electron chi connectivity index (χ2n) is 7.03. The van der Waals surface area contributed by atoms with Gasteiger partial charge >= 0.3 is 0 Å². The minimum absolute atomic E-state index is 0.00206. The Kier molecular flexibility index (Phi) is 6.12. The van der Waals surface area contributed by atoms with Gasteiger partial charge in [-0.25, -0.2) is 0 Å². The Labute approximate surface area is 160 Å². The summed E-state index contributed by atoms with van der Waals surface area (Å²) in [5.41, 5.74) is 2.70. The first-order chi connectivity index (χ1) is 13.0. The van der Waals surface area contributed by atoms with E-state index in [1.807, 2.05) is 11.8 Å². The average molecular weight is 366 g/mol. The highest BCUT2D eigenvalue weighted by Crippen LogP contribution is 2.19. The third kappa shape index (κ3) is 4.88. The van der Waals surface area contributed by atoms with Crippen LogP contribution < -0.4 is 0 Å². The van der Waals surface area contributed by atoms with Crippen molar-refractivity contribution in [2.75, 3.05) is 26.2 Å². The van der Waals surface area contributed by atoms with E-state index in [9.17, 15) is 14.7 Å². The molecule has 2 aromatic carbocycles. The van der Waals surface area contributed by atoms with Crippen molar-refractivity contribution >= 4 is 11.8 Å². The molecule has 1 heterocycles. The number of benzene rings is 2. The smallest absolute Gasteiger partial charge is 0.257 e.